The summed E-state index contributed by atoms with van der Waals surface area (Å²) in [5.74, 6) is 1.51. The molecule has 0 saturated carbocycles. The zero-order chi connectivity index (χ0) is 18.2. The highest BCUT2D eigenvalue weighted by Gasteiger charge is 2.24. The summed E-state index contributed by atoms with van der Waals surface area (Å²) in [4.78, 5) is 18.2. The molecule has 2 aromatic carbocycles. The number of halogens is 1. The number of anilines is 1. The van der Waals surface area contributed by atoms with Crippen molar-refractivity contribution in [1.82, 2.24) is 10.6 Å². The number of aliphatic imine (C=N–C) groups is 1. The predicted molar refractivity (Wildman–Crippen MR) is 119 cm³/mol. The molecule has 7 heteroatoms. The molecule has 6 nitrogen and oxygen atoms in total. The van der Waals surface area contributed by atoms with Gasteiger partial charge >= 0.3 is 0 Å². The Morgan fingerprint density at radius 2 is 1.85 bits per heavy atom. The van der Waals surface area contributed by atoms with Crippen LogP contribution in [0.2, 0.25) is 0 Å². The normalized spacial score (nSPS) is 13.3. The molecular weight excluding hydrogens is 455 g/mol. The van der Waals surface area contributed by atoms with Crippen molar-refractivity contribution in [3.8, 4) is 5.75 Å². The first-order chi connectivity index (χ1) is 12.8. The van der Waals surface area contributed by atoms with E-state index in [0.29, 0.717) is 6.54 Å². The van der Waals surface area contributed by atoms with Crippen LogP contribution in [0, 0.1) is 0 Å². The Balaban J connectivity index is 0.00000261. The second-order valence-electron chi connectivity index (χ2n) is 5.99. The highest BCUT2D eigenvalue weighted by Crippen LogP contribution is 2.31. The van der Waals surface area contributed by atoms with Crippen LogP contribution in [0.25, 0.3) is 0 Å². The van der Waals surface area contributed by atoms with Crippen LogP contribution in [-0.4, -0.2) is 38.6 Å². The Labute approximate surface area is 177 Å². The van der Waals surface area contributed by atoms with Crippen LogP contribution in [0.15, 0.2) is 59.6 Å². The van der Waals surface area contributed by atoms with Crippen LogP contribution in [-0.2, 0) is 11.3 Å². The summed E-state index contributed by atoms with van der Waals surface area (Å²) in [6, 6.07) is 17.8. The first-order valence-electron chi connectivity index (χ1n) is 8.78. The number of nitrogens with one attached hydrogen (secondary N) is 2. The minimum Gasteiger partial charge on any atom is -0.482 e. The van der Waals surface area contributed by atoms with Crippen molar-refractivity contribution in [2.24, 2.45) is 4.99 Å². The van der Waals surface area contributed by atoms with Crippen molar-refractivity contribution in [2.45, 2.75) is 13.0 Å². The molecule has 0 aromatic heterocycles. The molecule has 27 heavy (non-hydrogen) atoms. The van der Waals surface area contributed by atoms with Crippen molar-refractivity contribution in [3.05, 3.63) is 60.2 Å². The second kappa shape index (κ2) is 10.8. The maximum atomic E-state index is 12.1. The van der Waals surface area contributed by atoms with E-state index in [1.54, 1.807) is 11.9 Å². The Hall–Kier alpha value is -2.29. The summed E-state index contributed by atoms with van der Waals surface area (Å²) in [6.45, 7) is 2.18. The molecule has 0 atom stereocenters. The lowest BCUT2D eigenvalue weighted by Gasteiger charge is -2.29. The van der Waals surface area contributed by atoms with Crippen molar-refractivity contribution in [1.29, 1.82) is 0 Å². The fourth-order valence-corrected chi connectivity index (χ4v) is 2.85. The fraction of sp³-hybridized carbons (Fsp3) is 0.300. The van der Waals surface area contributed by atoms with E-state index in [2.05, 4.69) is 27.8 Å². The summed E-state index contributed by atoms with van der Waals surface area (Å²) in [5, 5.41) is 6.57. The molecule has 3 rings (SSSR count). The number of hydrogen-bond donors (Lipinski definition) is 2. The molecular formula is C20H25IN4O2. The summed E-state index contributed by atoms with van der Waals surface area (Å²) in [7, 11) is 1.75. The van der Waals surface area contributed by atoms with Gasteiger partial charge in [0.1, 0.15) is 5.75 Å². The first kappa shape index (κ1) is 21.0. The van der Waals surface area contributed by atoms with Crippen molar-refractivity contribution >= 4 is 41.5 Å². The number of rotatable bonds is 6. The van der Waals surface area contributed by atoms with Crippen LogP contribution in [0.5, 0.6) is 5.75 Å². The average Bonchev–Trinajstić information content (AvgIpc) is 2.69. The van der Waals surface area contributed by atoms with Crippen LogP contribution in [0.3, 0.4) is 0 Å². The van der Waals surface area contributed by atoms with Gasteiger partial charge in [-0.05, 0) is 24.1 Å². The minimum absolute atomic E-state index is 0. The number of hydrogen-bond acceptors (Lipinski definition) is 3. The van der Waals surface area contributed by atoms with E-state index >= 15 is 0 Å². The van der Waals surface area contributed by atoms with E-state index in [4.69, 9.17) is 4.74 Å². The van der Waals surface area contributed by atoms with Gasteiger partial charge in [0, 0.05) is 26.7 Å². The fourth-order valence-electron chi connectivity index (χ4n) is 2.85. The van der Waals surface area contributed by atoms with E-state index in [-0.39, 0.29) is 36.5 Å². The molecule has 0 unspecified atom stereocenters. The first-order valence-corrected chi connectivity index (χ1v) is 8.78. The molecule has 2 N–H and O–H groups in total. The molecule has 0 aliphatic carbocycles. The monoisotopic (exact) mass is 480 g/mol. The third-order valence-electron chi connectivity index (χ3n) is 4.19. The maximum Gasteiger partial charge on any atom is 0.265 e. The lowest BCUT2D eigenvalue weighted by atomic mass is 10.2. The van der Waals surface area contributed by atoms with E-state index in [1.807, 2.05) is 42.5 Å². The summed E-state index contributed by atoms with van der Waals surface area (Å²) in [5.41, 5.74) is 2.04. The molecule has 0 bridgehead atoms. The number of nitrogens with zero attached hydrogens (tertiary/aromatic N) is 2. The average molecular weight is 480 g/mol. The van der Waals surface area contributed by atoms with E-state index in [0.717, 1.165) is 36.9 Å². The van der Waals surface area contributed by atoms with Gasteiger partial charge in [0.15, 0.2) is 12.6 Å². The lowest BCUT2D eigenvalue weighted by Crippen LogP contribution is -2.41. The van der Waals surface area contributed by atoms with Gasteiger partial charge in [-0.2, -0.15) is 0 Å². The van der Waals surface area contributed by atoms with Gasteiger partial charge in [-0.3, -0.25) is 9.79 Å². The van der Waals surface area contributed by atoms with E-state index in [1.165, 1.54) is 5.56 Å². The Bertz CT molecular complexity index is 768. The number of benzene rings is 2. The molecule has 2 aromatic rings. The van der Waals surface area contributed by atoms with Gasteiger partial charge < -0.3 is 20.3 Å². The number of carbonyl (C=O) groups is 1. The highest BCUT2D eigenvalue weighted by molar-refractivity contribution is 14.0. The SMILES string of the molecule is CN=C(NCCCN1C(=O)COc2ccccc21)NCc1ccccc1.I. The molecule has 144 valence electrons. The van der Waals surface area contributed by atoms with Gasteiger partial charge in [0.05, 0.1) is 5.69 Å². The van der Waals surface area contributed by atoms with Crippen molar-refractivity contribution < 1.29 is 9.53 Å². The largest absolute Gasteiger partial charge is 0.482 e. The number of guanidine groups is 1. The third-order valence-corrected chi connectivity index (χ3v) is 4.19. The summed E-state index contributed by atoms with van der Waals surface area (Å²) in [6.07, 6.45) is 0.812. The molecule has 0 fully saturated rings. The van der Waals surface area contributed by atoms with Gasteiger partial charge in [-0.25, -0.2) is 0 Å². The molecule has 1 aliphatic heterocycles. The van der Waals surface area contributed by atoms with Gasteiger partial charge in [-0.15, -0.1) is 24.0 Å². The smallest absolute Gasteiger partial charge is 0.265 e. The Kier molecular flexibility index (Phi) is 8.38. The number of carbonyl (C=O) groups excluding carboxylic acids is 1. The summed E-state index contributed by atoms with van der Waals surface area (Å²) < 4.78 is 5.47. The number of ether oxygens (including phenoxy) is 1. The molecule has 1 aliphatic rings. The van der Waals surface area contributed by atoms with Crippen LogP contribution in [0.1, 0.15) is 12.0 Å². The van der Waals surface area contributed by atoms with Gasteiger partial charge in [0.25, 0.3) is 5.91 Å². The van der Waals surface area contributed by atoms with E-state index in [9.17, 15) is 4.79 Å². The van der Waals surface area contributed by atoms with Gasteiger partial charge in [0.2, 0.25) is 0 Å². The van der Waals surface area contributed by atoms with Gasteiger partial charge in [-0.1, -0.05) is 42.5 Å². The predicted octanol–water partition coefficient (Wildman–Crippen LogP) is 2.79. The van der Waals surface area contributed by atoms with E-state index < -0.39 is 0 Å². The van der Waals surface area contributed by atoms with Crippen LogP contribution in [0.4, 0.5) is 5.69 Å². The molecule has 1 amide bonds. The third kappa shape index (κ3) is 5.85. The highest BCUT2D eigenvalue weighted by atomic mass is 127. The standard InChI is InChI=1S/C20H24N4O2.HI/c1-21-20(23-14-16-8-3-2-4-9-16)22-12-7-13-24-17-10-5-6-11-18(17)26-15-19(24)25;/h2-6,8-11H,7,12-15H2,1H3,(H2,21,22,23);1H. The topological polar surface area (TPSA) is 66.0 Å². The van der Waals surface area contributed by atoms with Crippen LogP contribution < -0.4 is 20.3 Å². The second-order valence-corrected chi connectivity index (χ2v) is 5.99. The molecule has 0 radical (unpaired) electrons. The molecule has 0 saturated heterocycles. The number of para-hydroxylation sites is 2. The van der Waals surface area contributed by atoms with Crippen molar-refractivity contribution in [2.75, 3.05) is 31.6 Å². The maximum absolute atomic E-state index is 12.1. The zero-order valence-corrected chi connectivity index (χ0v) is 17.7. The van der Waals surface area contributed by atoms with Crippen LogP contribution >= 0.6 is 24.0 Å². The lowest BCUT2D eigenvalue weighted by molar-refractivity contribution is -0.121. The molecule has 0 spiro atoms. The quantitative estimate of drug-likeness (QED) is 0.289. The number of amides is 1. The zero-order valence-electron chi connectivity index (χ0n) is 15.4. The summed E-state index contributed by atoms with van der Waals surface area (Å²) >= 11 is 0. The van der Waals surface area contributed by atoms with Crippen molar-refractivity contribution in [3.63, 3.8) is 0 Å². The Morgan fingerprint density at radius 3 is 2.63 bits per heavy atom. The number of fused-ring (bicyclic) bond motifs is 1. The Morgan fingerprint density at radius 1 is 1.11 bits per heavy atom. The molecule has 1 heterocycles. The minimum atomic E-state index is -0.00437.